The van der Waals surface area contributed by atoms with Gasteiger partial charge in [0.15, 0.2) is 23.3 Å². The number of anilines is 1. The summed E-state index contributed by atoms with van der Waals surface area (Å²) in [4.78, 5) is 0. The topological polar surface area (TPSA) is 29.3 Å². The van der Waals surface area contributed by atoms with Crippen molar-refractivity contribution in [3.8, 4) is 0 Å². The Morgan fingerprint density at radius 1 is 1.00 bits per heavy atom. The standard InChI is InChI=1S/C21H20F5N3/c1-5-11(3)29-12(4)14(13-8-6-7-10(2)21(13)29)9-27-28-20-18(25)16(23)15(22)17(24)19(20)26/h6-9,11,28H,5H2,1-4H3/b27-9+/t11-/m1/s1. The Morgan fingerprint density at radius 2 is 1.59 bits per heavy atom. The van der Waals surface area contributed by atoms with Gasteiger partial charge in [-0.25, -0.2) is 22.0 Å². The number of hydrogen-bond acceptors (Lipinski definition) is 2. The van der Waals surface area contributed by atoms with Crippen LogP contribution in [-0.4, -0.2) is 10.8 Å². The van der Waals surface area contributed by atoms with E-state index in [1.54, 1.807) is 0 Å². The number of nitrogens with one attached hydrogen (secondary N) is 1. The number of aryl methyl sites for hydroxylation is 1. The highest BCUT2D eigenvalue weighted by Gasteiger charge is 2.25. The highest BCUT2D eigenvalue weighted by molar-refractivity contribution is 6.02. The van der Waals surface area contributed by atoms with E-state index in [9.17, 15) is 22.0 Å². The van der Waals surface area contributed by atoms with E-state index >= 15 is 0 Å². The molecule has 0 aliphatic carbocycles. The lowest BCUT2D eigenvalue weighted by atomic mass is 10.1. The molecule has 29 heavy (non-hydrogen) atoms. The number of halogens is 5. The molecule has 0 saturated carbocycles. The molecule has 0 spiro atoms. The fourth-order valence-electron chi connectivity index (χ4n) is 3.45. The van der Waals surface area contributed by atoms with E-state index < -0.39 is 34.8 Å². The van der Waals surface area contributed by atoms with E-state index in [-0.39, 0.29) is 6.04 Å². The van der Waals surface area contributed by atoms with Crippen LogP contribution in [0.3, 0.4) is 0 Å². The van der Waals surface area contributed by atoms with Crippen molar-refractivity contribution < 1.29 is 22.0 Å². The van der Waals surface area contributed by atoms with Gasteiger partial charge in [-0.15, -0.1) is 0 Å². The minimum absolute atomic E-state index is 0.198. The summed E-state index contributed by atoms with van der Waals surface area (Å²) in [5.74, 6) is -10.2. The zero-order valence-electron chi connectivity index (χ0n) is 16.4. The number of benzene rings is 2. The minimum Gasteiger partial charge on any atom is -0.341 e. The number of nitrogens with zero attached hydrogens (tertiary/aromatic N) is 2. The van der Waals surface area contributed by atoms with Gasteiger partial charge in [-0.2, -0.15) is 5.10 Å². The molecule has 8 heteroatoms. The lowest BCUT2D eigenvalue weighted by Gasteiger charge is -2.16. The number of hydrogen-bond donors (Lipinski definition) is 1. The van der Waals surface area contributed by atoms with Crippen molar-refractivity contribution in [2.24, 2.45) is 5.10 Å². The van der Waals surface area contributed by atoms with Crippen molar-refractivity contribution in [3.05, 3.63) is 64.1 Å². The van der Waals surface area contributed by atoms with Crippen LogP contribution in [0, 0.1) is 42.9 Å². The molecule has 3 rings (SSSR count). The number of fused-ring (bicyclic) bond motifs is 1. The maximum atomic E-state index is 13.8. The number of hydrazone groups is 1. The van der Waals surface area contributed by atoms with Gasteiger partial charge in [-0.1, -0.05) is 25.1 Å². The van der Waals surface area contributed by atoms with Crippen LogP contribution in [0.5, 0.6) is 0 Å². The highest BCUT2D eigenvalue weighted by atomic mass is 19.2. The Morgan fingerprint density at radius 3 is 2.17 bits per heavy atom. The maximum Gasteiger partial charge on any atom is 0.200 e. The monoisotopic (exact) mass is 409 g/mol. The zero-order chi connectivity index (χ0) is 21.5. The van der Waals surface area contributed by atoms with E-state index in [0.29, 0.717) is 5.56 Å². The second-order valence-electron chi connectivity index (χ2n) is 6.91. The second-order valence-corrected chi connectivity index (χ2v) is 6.91. The van der Waals surface area contributed by atoms with Gasteiger partial charge in [-0.3, -0.25) is 5.43 Å². The van der Waals surface area contributed by atoms with Crippen LogP contribution in [0.25, 0.3) is 10.9 Å². The molecule has 3 nitrogen and oxygen atoms in total. The molecule has 1 atom stereocenters. The smallest absolute Gasteiger partial charge is 0.200 e. The predicted octanol–water partition coefficient (Wildman–Crippen LogP) is 6.37. The molecule has 0 aliphatic rings. The third-order valence-electron chi connectivity index (χ3n) is 5.13. The quantitative estimate of drug-likeness (QED) is 0.171. The van der Waals surface area contributed by atoms with E-state index in [2.05, 4.69) is 23.5 Å². The lowest BCUT2D eigenvalue weighted by Crippen LogP contribution is -2.07. The van der Waals surface area contributed by atoms with Crippen molar-refractivity contribution in [2.45, 2.75) is 40.2 Å². The maximum absolute atomic E-state index is 13.8. The van der Waals surface area contributed by atoms with Crippen LogP contribution in [0.4, 0.5) is 27.6 Å². The van der Waals surface area contributed by atoms with Crippen LogP contribution >= 0.6 is 0 Å². The van der Waals surface area contributed by atoms with Crippen molar-refractivity contribution in [2.75, 3.05) is 5.43 Å². The molecule has 0 saturated heterocycles. The third kappa shape index (κ3) is 3.36. The van der Waals surface area contributed by atoms with Crippen LogP contribution in [0.1, 0.15) is 43.1 Å². The molecular formula is C21H20F5N3. The van der Waals surface area contributed by atoms with Gasteiger partial charge >= 0.3 is 0 Å². The SMILES string of the molecule is CC[C@@H](C)n1c(C)c(/C=N/Nc2c(F)c(F)c(F)c(F)c2F)c2cccc(C)c21. The fraction of sp³-hybridized carbons (Fsp3) is 0.286. The number of aromatic nitrogens is 1. The normalized spacial score (nSPS) is 12.9. The average molecular weight is 409 g/mol. The first-order valence-electron chi connectivity index (χ1n) is 9.11. The van der Waals surface area contributed by atoms with Gasteiger partial charge in [0.05, 0.1) is 11.7 Å². The van der Waals surface area contributed by atoms with Crippen LogP contribution in [-0.2, 0) is 0 Å². The summed E-state index contributed by atoms with van der Waals surface area (Å²) in [6, 6.07) is 5.96. The summed E-state index contributed by atoms with van der Waals surface area (Å²) >= 11 is 0. The molecule has 0 aliphatic heterocycles. The molecular weight excluding hydrogens is 389 g/mol. The molecule has 1 aromatic heterocycles. The van der Waals surface area contributed by atoms with Gasteiger partial charge < -0.3 is 4.57 Å². The van der Waals surface area contributed by atoms with Crippen LogP contribution < -0.4 is 5.43 Å². The third-order valence-corrected chi connectivity index (χ3v) is 5.13. The zero-order valence-corrected chi connectivity index (χ0v) is 16.4. The molecule has 2 aromatic carbocycles. The summed E-state index contributed by atoms with van der Waals surface area (Å²) in [5, 5.41) is 4.64. The molecule has 154 valence electrons. The van der Waals surface area contributed by atoms with Crippen molar-refractivity contribution >= 4 is 22.8 Å². The molecule has 0 unspecified atom stereocenters. The Balaban J connectivity index is 2.08. The first-order valence-corrected chi connectivity index (χ1v) is 9.11. The Kier molecular flexibility index (Phi) is 5.64. The van der Waals surface area contributed by atoms with Crippen molar-refractivity contribution in [3.63, 3.8) is 0 Å². The van der Waals surface area contributed by atoms with Gasteiger partial charge in [0, 0.05) is 22.7 Å². The molecule has 3 aromatic rings. The van der Waals surface area contributed by atoms with E-state index in [0.717, 1.165) is 28.6 Å². The van der Waals surface area contributed by atoms with E-state index in [4.69, 9.17) is 0 Å². The van der Waals surface area contributed by atoms with Crippen LogP contribution in [0.2, 0.25) is 0 Å². The summed E-state index contributed by atoms with van der Waals surface area (Å²) in [7, 11) is 0. The van der Waals surface area contributed by atoms with Crippen LogP contribution in [0.15, 0.2) is 23.3 Å². The van der Waals surface area contributed by atoms with Gasteiger partial charge in [-0.05, 0) is 32.8 Å². The summed E-state index contributed by atoms with van der Waals surface area (Å²) in [5.41, 5.74) is 4.41. The van der Waals surface area contributed by atoms with E-state index in [1.807, 2.05) is 37.5 Å². The number of para-hydroxylation sites is 1. The first kappa shape index (κ1) is 20.8. The minimum atomic E-state index is -2.21. The molecule has 1 N–H and O–H groups in total. The second kappa shape index (κ2) is 7.85. The molecule has 0 amide bonds. The summed E-state index contributed by atoms with van der Waals surface area (Å²) in [6.45, 7) is 8.01. The number of rotatable bonds is 5. The molecule has 0 bridgehead atoms. The Hall–Kier alpha value is -2.90. The fourth-order valence-corrected chi connectivity index (χ4v) is 3.45. The van der Waals surface area contributed by atoms with Gasteiger partial charge in [0.25, 0.3) is 0 Å². The molecule has 0 radical (unpaired) electrons. The Labute approximate surface area is 164 Å². The Bertz CT molecular complexity index is 1090. The summed E-state index contributed by atoms with van der Waals surface area (Å²) < 4.78 is 69.6. The first-order chi connectivity index (χ1) is 13.7. The van der Waals surface area contributed by atoms with Gasteiger partial charge in [0.2, 0.25) is 5.82 Å². The van der Waals surface area contributed by atoms with Gasteiger partial charge in [0.1, 0.15) is 5.69 Å². The van der Waals surface area contributed by atoms with Crippen molar-refractivity contribution in [1.82, 2.24) is 4.57 Å². The summed E-state index contributed by atoms with van der Waals surface area (Å²) in [6.07, 6.45) is 2.21. The molecule has 0 fully saturated rings. The predicted molar refractivity (Wildman–Crippen MR) is 104 cm³/mol. The average Bonchev–Trinajstić information content (AvgIpc) is 2.99. The largest absolute Gasteiger partial charge is 0.341 e. The lowest BCUT2D eigenvalue weighted by molar-refractivity contribution is 0.381. The van der Waals surface area contributed by atoms with E-state index in [1.165, 1.54) is 6.21 Å². The molecule has 1 heterocycles. The highest BCUT2D eigenvalue weighted by Crippen LogP contribution is 2.32. The van der Waals surface area contributed by atoms with Crippen molar-refractivity contribution in [1.29, 1.82) is 0 Å².